The van der Waals surface area contributed by atoms with E-state index in [0.29, 0.717) is 6.04 Å². The van der Waals surface area contributed by atoms with E-state index in [-0.39, 0.29) is 0 Å². The van der Waals surface area contributed by atoms with E-state index in [0.717, 1.165) is 5.70 Å². The first-order chi connectivity index (χ1) is 4.09. The van der Waals surface area contributed by atoms with Crippen LogP contribution in [0.4, 0.5) is 0 Å². The van der Waals surface area contributed by atoms with E-state index >= 15 is 0 Å². The van der Waals surface area contributed by atoms with Crippen LogP contribution in [0.25, 0.3) is 0 Å². The molecule has 0 aliphatic rings. The van der Waals surface area contributed by atoms with E-state index in [9.17, 15) is 0 Å². The van der Waals surface area contributed by atoms with Crippen LogP contribution in [0.1, 0.15) is 27.2 Å². The zero-order valence-electron chi connectivity index (χ0n) is 6.94. The molecule has 0 aromatic carbocycles. The summed E-state index contributed by atoms with van der Waals surface area (Å²) < 4.78 is 0. The van der Waals surface area contributed by atoms with Crippen LogP contribution in [0.3, 0.4) is 0 Å². The van der Waals surface area contributed by atoms with Crippen LogP contribution in [0.15, 0.2) is 12.3 Å². The molecule has 1 heteroatoms. The largest absolute Gasteiger partial charge is 0.376 e. The second-order valence-corrected chi connectivity index (χ2v) is 2.60. The topological polar surface area (TPSA) is 3.24 Å². The van der Waals surface area contributed by atoms with Crippen molar-refractivity contribution in [2.45, 2.75) is 33.2 Å². The molecule has 0 saturated heterocycles. The molecule has 0 N–H and O–H groups in total. The van der Waals surface area contributed by atoms with Gasteiger partial charge in [-0.2, -0.15) is 0 Å². The second kappa shape index (κ2) is 3.54. The Morgan fingerprint density at radius 3 is 2.22 bits per heavy atom. The molecule has 1 unspecified atom stereocenters. The highest BCUT2D eigenvalue weighted by atomic mass is 15.1. The number of hydrogen-bond donors (Lipinski definition) is 0. The molecule has 1 nitrogen and oxygen atoms in total. The Labute approximate surface area is 58.4 Å². The standard InChI is InChI=1S/C8H17N/c1-6-8(4)9(5)7(2)3/h8H,2,6H2,1,3-5H3. The maximum Gasteiger partial charge on any atom is 0.0252 e. The van der Waals surface area contributed by atoms with E-state index in [4.69, 9.17) is 0 Å². The van der Waals surface area contributed by atoms with Gasteiger partial charge in [-0.25, -0.2) is 0 Å². The Hall–Kier alpha value is -0.460. The molecule has 0 radical (unpaired) electrons. The van der Waals surface area contributed by atoms with Crippen molar-refractivity contribution in [2.75, 3.05) is 7.05 Å². The van der Waals surface area contributed by atoms with Gasteiger partial charge in [-0.15, -0.1) is 0 Å². The average Bonchev–Trinajstić information content (AvgIpc) is 1.84. The molecule has 0 fully saturated rings. The molecule has 0 aliphatic carbocycles. The fourth-order valence-corrected chi connectivity index (χ4v) is 0.650. The Morgan fingerprint density at radius 1 is 1.67 bits per heavy atom. The van der Waals surface area contributed by atoms with Crippen LogP contribution in [-0.2, 0) is 0 Å². The summed E-state index contributed by atoms with van der Waals surface area (Å²) in [5.41, 5.74) is 1.14. The number of hydrogen-bond acceptors (Lipinski definition) is 1. The first-order valence-corrected chi connectivity index (χ1v) is 3.48. The summed E-state index contributed by atoms with van der Waals surface area (Å²) in [5.74, 6) is 0. The third kappa shape index (κ3) is 2.54. The molecule has 0 spiro atoms. The minimum atomic E-state index is 0.627. The molecule has 0 aromatic rings. The van der Waals surface area contributed by atoms with Gasteiger partial charge in [0.05, 0.1) is 0 Å². The lowest BCUT2D eigenvalue weighted by Gasteiger charge is -2.25. The maximum atomic E-state index is 3.85. The number of allylic oxidation sites excluding steroid dienone is 1. The van der Waals surface area contributed by atoms with Gasteiger partial charge >= 0.3 is 0 Å². The monoisotopic (exact) mass is 127 g/mol. The molecule has 0 heterocycles. The van der Waals surface area contributed by atoms with Crippen molar-refractivity contribution in [3.8, 4) is 0 Å². The lowest BCUT2D eigenvalue weighted by atomic mass is 10.2. The Morgan fingerprint density at radius 2 is 2.11 bits per heavy atom. The first kappa shape index (κ1) is 8.54. The summed E-state index contributed by atoms with van der Waals surface area (Å²) in [5, 5.41) is 0. The van der Waals surface area contributed by atoms with Crippen LogP contribution in [0, 0.1) is 0 Å². The highest BCUT2D eigenvalue weighted by Gasteiger charge is 2.03. The van der Waals surface area contributed by atoms with E-state index in [1.54, 1.807) is 0 Å². The van der Waals surface area contributed by atoms with Gasteiger partial charge in [0, 0.05) is 18.8 Å². The van der Waals surface area contributed by atoms with Crippen molar-refractivity contribution in [1.82, 2.24) is 4.90 Å². The van der Waals surface area contributed by atoms with Crippen molar-refractivity contribution in [3.63, 3.8) is 0 Å². The van der Waals surface area contributed by atoms with E-state index < -0.39 is 0 Å². The Balaban J connectivity index is 3.72. The average molecular weight is 127 g/mol. The Bertz CT molecular complexity index is 96.7. The predicted molar refractivity (Wildman–Crippen MR) is 42.3 cm³/mol. The molecule has 1 atom stereocenters. The molecule has 0 rings (SSSR count). The van der Waals surface area contributed by atoms with Crippen molar-refractivity contribution >= 4 is 0 Å². The summed E-state index contributed by atoms with van der Waals surface area (Å²) in [6.07, 6.45) is 1.18. The molecule has 0 amide bonds. The van der Waals surface area contributed by atoms with Crippen molar-refractivity contribution < 1.29 is 0 Å². The number of nitrogens with zero attached hydrogens (tertiary/aromatic N) is 1. The van der Waals surface area contributed by atoms with Gasteiger partial charge < -0.3 is 4.90 Å². The van der Waals surface area contributed by atoms with Crippen molar-refractivity contribution in [1.29, 1.82) is 0 Å². The fourth-order valence-electron chi connectivity index (χ4n) is 0.650. The second-order valence-electron chi connectivity index (χ2n) is 2.60. The summed E-state index contributed by atoms with van der Waals surface area (Å²) in [6, 6.07) is 0.627. The van der Waals surface area contributed by atoms with Gasteiger partial charge in [-0.05, 0) is 20.3 Å². The Kier molecular flexibility index (Phi) is 3.36. The van der Waals surface area contributed by atoms with Crippen molar-refractivity contribution in [2.24, 2.45) is 0 Å². The smallest absolute Gasteiger partial charge is 0.0252 e. The molecular weight excluding hydrogens is 110 g/mol. The lowest BCUT2D eigenvalue weighted by Crippen LogP contribution is -2.25. The first-order valence-electron chi connectivity index (χ1n) is 3.48. The number of rotatable bonds is 3. The van der Waals surface area contributed by atoms with Gasteiger partial charge in [0.25, 0.3) is 0 Å². The van der Waals surface area contributed by atoms with Gasteiger partial charge in [0.2, 0.25) is 0 Å². The van der Waals surface area contributed by atoms with Crippen LogP contribution < -0.4 is 0 Å². The van der Waals surface area contributed by atoms with Crippen molar-refractivity contribution in [3.05, 3.63) is 12.3 Å². The minimum absolute atomic E-state index is 0.627. The summed E-state index contributed by atoms with van der Waals surface area (Å²) in [4.78, 5) is 2.19. The molecule has 0 aliphatic heterocycles. The van der Waals surface area contributed by atoms with Gasteiger partial charge in [0.15, 0.2) is 0 Å². The summed E-state index contributed by atoms with van der Waals surface area (Å²) in [7, 11) is 2.08. The molecule has 0 saturated carbocycles. The van der Waals surface area contributed by atoms with E-state index in [1.807, 2.05) is 6.92 Å². The molecular formula is C8H17N. The predicted octanol–water partition coefficient (Wildman–Crippen LogP) is 2.25. The quantitative estimate of drug-likeness (QED) is 0.562. The fraction of sp³-hybridized carbons (Fsp3) is 0.750. The van der Waals surface area contributed by atoms with Crippen LogP contribution in [0.2, 0.25) is 0 Å². The zero-order chi connectivity index (χ0) is 7.44. The van der Waals surface area contributed by atoms with Crippen LogP contribution in [-0.4, -0.2) is 18.0 Å². The molecule has 54 valence electrons. The minimum Gasteiger partial charge on any atom is -0.376 e. The zero-order valence-corrected chi connectivity index (χ0v) is 6.94. The normalized spacial score (nSPS) is 12.9. The van der Waals surface area contributed by atoms with E-state index in [1.165, 1.54) is 6.42 Å². The lowest BCUT2D eigenvalue weighted by molar-refractivity contribution is 0.317. The third-order valence-corrected chi connectivity index (χ3v) is 1.85. The van der Waals surface area contributed by atoms with E-state index in [2.05, 4.69) is 32.4 Å². The molecule has 9 heavy (non-hydrogen) atoms. The summed E-state index contributed by atoms with van der Waals surface area (Å²) >= 11 is 0. The van der Waals surface area contributed by atoms with Gasteiger partial charge in [0.1, 0.15) is 0 Å². The van der Waals surface area contributed by atoms with Gasteiger partial charge in [-0.1, -0.05) is 13.5 Å². The van der Waals surface area contributed by atoms with Gasteiger partial charge in [-0.3, -0.25) is 0 Å². The van der Waals surface area contributed by atoms with Crippen LogP contribution >= 0.6 is 0 Å². The summed E-state index contributed by atoms with van der Waals surface area (Å²) in [6.45, 7) is 10.3. The third-order valence-electron chi connectivity index (χ3n) is 1.85. The molecule has 0 bridgehead atoms. The SMILES string of the molecule is C=C(C)N(C)C(C)CC. The highest BCUT2D eigenvalue weighted by Crippen LogP contribution is 2.05. The maximum absolute atomic E-state index is 3.85. The highest BCUT2D eigenvalue weighted by molar-refractivity contribution is 4.88. The molecule has 0 aromatic heterocycles. The van der Waals surface area contributed by atoms with Crippen LogP contribution in [0.5, 0.6) is 0 Å².